The summed E-state index contributed by atoms with van der Waals surface area (Å²) in [4.78, 5) is 0. The normalized spacial score (nSPS) is 52.2. The van der Waals surface area contributed by atoms with Gasteiger partial charge in [-0.15, -0.1) is 0 Å². The Labute approximate surface area is 75.2 Å². The standard InChI is InChI=1S/C11H20O/c1-8(2)11(12)5-4-10(3)6-9(10)7-11/h8-9,12H,4-7H2,1-3H3/t9-,10-,11?/m1/s1. The van der Waals surface area contributed by atoms with Gasteiger partial charge in [0.15, 0.2) is 0 Å². The van der Waals surface area contributed by atoms with Crippen molar-refractivity contribution in [3.63, 3.8) is 0 Å². The molecule has 1 heteroatoms. The zero-order valence-electron chi connectivity index (χ0n) is 8.43. The topological polar surface area (TPSA) is 20.2 Å². The second-order valence-corrected chi connectivity index (χ2v) is 5.52. The molecule has 2 aliphatic rings. The molecule has 1 nitrogen and oxygen atoms in total. The maximum Gasteiger partial charge on any atom is 0.0673 e. The largest absolute Gasteiger partial charge is 0.390 e. The minimum atomic E-state index is -0.333. The van der Waals surface area contributed by atoms with E-state index in [1.807, 2.05) is 0 Å². The van der Waals surface area contributed by atoms with E-state index >= 15 is 0 Å². The summed E-state index contributed by atoms with van der Waals surface area (Å²) in [6.45, 7) is 6.66. The van der Waals surface area contributed by atoms with E-state index in [0.29, 0.717) is 11.3 Å². The van der Waals surface area contributed by atoms with Crippen LogP contribution in [0.1, 0.15) is 46.5 Å². The van der Waals surface area contributed by atoms with E-state index in [2.05, 4.69) is 20.8 Å². The van der Waals surface area contributed by atoms with Gasteiger partial charge in [-0.2, -0.15) is 0 Å². The van der Waals surface area contributed by atoms with Crippen molar-refractivity contribution in [2.75, 3.05) is 0 Å². The molecule has 70 valence electrons. The van der Waals surface area contributed by atoms with Gasteiger partial charge in [0.2, 0.25) is 0 Å². The predicted octanol–water partition coefficient (Wildman–Crippen LogP) is 2.58. The molecule has 0 spiro atoms. The van der Waals surface area contributed by atoms with Gasteiger partial charge in [-0.1, -0.05) is 20.8 Å². The average Bonchev–Trinajstić information content (AvgIpc) is 2.60. The van der Waals surface area contributed by atoms with Crippen LogP contribution < -0.4 is 0 Å². The van der Waals surface area contributed by atoms with Crippen molar-refractivity contribution in [1.82, 2.24) is 0 Å². The van der Waals surface area contributed by atoms with Crippen LogP contribution in [0.15, 0.2) is 0 Å². The van der Waals surface area contributed by atoms with E-state index in [9.17, 15) is 5.11 Å². The highest BCUT2D eigenvalue weighted by atomic mass is 16.3. The van der Waals surface area contributed by atoms with Gasteiger partial charge in [0.05, 0.1) is 5.60 Å². The maximum absolute atomic E-state index is 10.3. The molecule has 2 fully saturated rings. The van der Waals surface area contributed by atoms with E-state index in [1.165, 1.54) is 12.8 Å². The van der Waals surface area contributed by atoms with Gasteiger partial charge < -0.3 is 5.11 Å². The highest BCUT2D eigenvalue weighted by molar-refractivity contribution is 5.07. The van der Waals surface area contributed by atoms with Crippen molar-refractivity contribution < 1.29 is 5.11 Å². The number of aliphatic hydroxyl groups is 1. The third-order valence-electron chi connectivity index (χ3n) is 4.34. The fraction of sp³-hybridized carbons (Fsp3) is 1.00. The fourth-order valence-electron chi connectivity index (χ4n) is 2.68. The summed E-state index contributed by atoms with van der Waals surface area (Å²) in [5, 5.41) is 10.3. The Morgan fingerprint density at radius 1 is 1.25 bits per heavy atom. The summed E-state index contributed by atoms with van der Waals surface area (Å²) in [6.07, 6.45) is 4.69. The van der Waals surface area contributed by atoms with Gasteiger partial charge in [-0.25, -0.2) is 0 Å². The van der Waals surface area contributed by atoms with Gasteiger partial charge in [-0.05, 0) is 42.9 Å². The maximum atomic E-state index is 10.3. The molecule has 2 aliphatic carbocycles. The van der Waals surface area contributed by atoms with Crippen LogP contribution in [-0.2, 0) is 0 Å². The van der Waals surface area contributed by atoms with E-state index in [0.717, 1.165) is 18.8 Å². The minimum Gasteiger partial charge on any atom is -0.390 e. The molecule has 1 unspecified atom stereocenters. The molecule has 1 N–H and O–H groups in total. The number of fused-ring (bicyclic) bond motifs is 1. The van der Waals surface area contributed by atoms with Gasteiger partial charge in [-0.3, -0.25) is 0 Å². The first-order valence-electron chi connectivity index (χ1n) is 5.19. The van der Waals surface area contributed by atoms with Gasteiger partial charge in [0, 0.05) is 0 Å². The third kappa shape index (κ3) is 1.10. The second-order valence-electron chi connectivity index (χ2n) is 5.52. The lowest BCUT2D eigenvalue weighted by atomic mass is 9.74. The Bertz CT molecular complexity index is 199. The number of rotatable bonds is 1. The van der Waals surface area contributed by atoms with Crippen molar-refractivity contribution in [3.05, 3.63) is 0 Å². The molecule has 0 aromatic heterocycles. The van der Waals surface area contributed by atoms with Crippen LogP contribution in [0.2, 0.25) is 0 Å². The van der Waals surface area contributed by atoms with Crippen molar-refractivity contribution >= 4 is 0 Å². The quantitative estimate of drug-likeness (QED) is 0.638. The van der Waals surface area contributed by atoms with E-state index in [1.54, 1.807) is 0 Å². The zero-order chi connectivity index (χ0) is 8.98. The second kappa shape index (κ2) is 2.25. The van der Waals surface area contributed by atoms with Crippen LogP contribution in [0.5, 0.6) is 0 Å². The van der Waals surface area contributed by atoms with Crippen LogP contribution in [0.4, 0.5) is 0 Å². The summed E-state index contributed by atoms with van der Waals surface area (Å²) in [5.74, 6) is 1.27. The Kier molecular flexibility index (Phi) is 1.61. The summed E-state index contributed by atoms with van der Waals surface area (Å²) in [5.41, 5.74) is 0.293. The molecule has 12 heavy (non-hydrogen) atoms. The average molecular weight is 168 g/mol. The smallest absolute Gasteiger partial charge is 0.0673 e. The molecule has 0 aliphatic heterocycles. The van der Waals surface area contributed by atoms with Crippen molar-refractivity contribution in [3.8, 4) is 0 Å². The zero-order valence-corrected chi connectivity index (χ0v) is 8.43. The van der Waals surface area contributed by atoms with Crippen molar-refractivity contribution in [2.45, 2.75) is 52.1 Å². The molecule has 0 aromatic rings. The Hall–Kier alpha value is -0.0400. The molecule has 0 heterocycles. The highest BCUT2D eigenvalue weighted by Crippen LogP contribution is 2.63. The lowest BCUT2D eigenvalue weighted by Crippen LogP contribution is -2.39. The Balaban J connectivity index is 2.05. The molecular weight excluding hydrogens is 148 g/mol. The summed E-state index contributed by atoms with van der Waals surface area (Å²) < 4.78 is 0. The third-order valence-corrected chi connectivity index (χ3v) is 4.34. The molecule has 2 rings (SSSR count). The SMILES string of the molecule is CC(C)C1(O)CC[C@]2(C)C[C@@H]2C1. The first-order chi connectivity index (χ1) is 5.46. The van der Waals surface area contributed by atoms with Gasteiger partial charge >= 0.3 is 0 Å². The van der Waals surface area contributed by atoms with Crippen LogP contribution in [0.25, 0.3) is 0 Å². The summed E-state index contributed by atoms with van der Waals surface area (Å²) >= 11 is 0. The minimum absolute atomic E-state index is 0.333. The number of hydrogen-bond donors (Lipinski definition) is 1. The molecular formula is C11H20O. The highest BCUT2D eigenvalue weighted by Gasteiger charge is 2.57. The summed E-state index contributed by atoms with van der Waals surface area (Å²) in [7, 11) is 0. The van der Waals surface area contributed by atoms with Gasteiger partial charge in [0.1, 0.15) is 0 Å². The van der Waals surface area contributed by atoms with E-state index in [-0.39, 0.29) is 5.60 Å². The molecule has 0 aromatic carbocycles. The lowest BCUT2D eigenvalue weighted by molar-refractivity contribution is -0.0482. The lowest BCUT2D eigenvalue weighted by Gasteiger charge is -2.37. The van der Waals surface area contributed by atoms with Crippen molar-refractivity contribution in [2.24, 2.45) is 17.3 Å². The summed E-state index contributed by atoms with van der Waals surface area (Å²) in [6, 6.07) is 0. The molecule has 0 radical (unpaired) electrons. The molecule has 3 atom stereocenters. The first kappa shape index (κ1) is 8.55. The van der Waals surface area contributed by atoms with Crippen LogP contribution >= 0.6 is 0 Å². The van der Waals surface area contributed by atoms with Crippen LogP contribution in [-0.4, -0.2) is 10.7 Å². The van der Waals surface area contributed by atoms with Crippen molar-refractivity contribution in [1.29, 1.82) is 0 Å². The fourth-order valence-corrected chi connectivity index (χ4v) is 2.68. The Morgan fingerprint density at radius 3 is 2.42 bits per heavy atom. The Morgan fingerprint density at radius 2 is 1.92 bits per heavy atom. The number of hydrogen-bond acceptors (Lipinski definition) is 1. The predicted molar refractivity (Wildman–Crippen MR) is 49.9 cm³/mol. The molecule has 0 saturated heterocycles. The van der Waals surface area contributed by atoms with Gasteiger partial charge in [0.25, 0.3) is 0 Å². The van der Waals surface area contributed by atoms with E-state index < -0.39 is 0 Å². The van der Waals surface area contributed by atoms with E-state index in [4.69, 9.17) is 0 Å². The van der Waals surface area contributed by atoms with Crippen LogP contribution in [0.3, 0.4) is 0 Å². The monoisotopic (exact) mass is 168 g/mol. The molecule has 0 bridgehead atoms. The molecule has 0 amide bonds. The first-order valence-corrected chi connectivity index (χ1v) is 5.19. The van der Waals surface area contributed by atoms with Crippen LogP contribution in [0, 0.1) is 17.3 Å². The molecule has 2 saturated carbocycles.